The number of amides is 1. The smallest absolute Gasteiger partial charge is 0.253 e. The zero-order chi connectivity index (χ0) is 20.5. The Labute approximate surface area is 177 Å². The second kappa shape index (κ2) is 11.0. The molecule has 2 heterocycles. The number of nitrogens with one attached hydrogen (secondary N) is 2. The van der Waals surface area contributed by atoms with Crippen molar-refractivity contribution in [2.45, 2.75) is 45.6 Å². The Balaban J connectivity index is 1.43. The number of benzene rings is 1. The van der Waals surface area contributed by atoms with Gasteiger partial charge in [0.15, 0.2) is 5.96 Å². The second-order valence-electron chi connectivity index (χ2n) is 7.23. The molecule has 156 valence electrons. The standard InChI is InChI=1S/C22H31N5OS/c1-3-19-16-25-20(29-19)11-12-24-22(23-2)26-15-17-7-9-18(10-8-17)21(28)27-13-5-4-6-14-27/h7-10,16H,3-6,11-15H2,1-2H3,(H2,23,24,26). The third-order valence-electron chi connectivity index (χ3n) is 5.11. The molecule has 1 saturated heterocycles. The van der Waals surface area contributed by atoms with Gasteiger partial charge in [-0.15, -0.1) is 11.3 Å². The van der Waals surface area contributed by atoms with Crippen LogP contribution in [0.15, 0.2) is 35.5 Å². The summed E-state index contributed by atoms with van der Waals surface area (Å²) in [5, 5.41) is 7.81. The highest BCUT2D eigenvalue weighted by molar-refractivity contribution is 7.11. The molecule has 7 heteroatoms. The number of aliphatic imine (C=N–C) groups is 1. The predicted octanol–water partition coefficient (Wildman–Crippen LogP) is 3.24. The van der Waals surface area contributed by atoms with Crippen LogP contribution in [-0.4, -0.2) is 48.4 Å². The number of rotatable bonds is 7. The van der Waals surface area contributed by atoms with Gasteiger partial charge in [-0.05, 0) is 43.4 Å². The van der Waals surface area contributed by atoms with Crippen LogP contribution in [0, 0.1) is 0 Å². The third-order valence-corrected chi connectivity index (χ3v) is 6.31. The molecule has 1 aliphatic rings. The summed E-state index contributed by atoms with van der Waals surface area (Å²) in [4.78, 5) is 24.6. The van der Waals surface area contributed by atoms with E-state index in [4.69, 9.17) is 0 Å². The average Bonchev–Trinajstić information content (AvgIpc) is 3.24. The van der Waals surface area contributed by atoms with E-state index >= 15 is 0 Å². The predicted molar refractivity (Wildman–Crippen MR) is 120 cm³/mol. The molecule has 6 nitrogen and oxygen atoms in total. The Morgan fingerprint density at radius 1 is 1.17 bits per heavy atom. The lowest BCUT2D eigenvalue weighted by Gasteiger charge is -2.26. The van der Waals surface area contributed by atoms with E-state index in [1.165, 1.54) is 11.3 Å². The molecule has 0 unspecified atom stereocenters. The zero-order valence-electron chi connectivity index (χ0n) is 17.4. The van der Waals surface area contributed by atoms with Crippen LogP contribution in [-0.2, 0) is 19.4 Å². The van der Waals surface area contributed by atoms with E-state index in [1.54, 1.807) is 18.4 Å². The van der Waals surface area contributed by atoms with Gasteiger partial charge in [0.2, 0.25) is 0 Å². The molecule has 0 spiro atoms. The van der Waals surface area contributed by atoms with Gasteiger partial charge in [0.25, 0.3) is 5.91 Å². The van der Waals surface area contributed by atoms with Crippen LogP contribution >= 0.6 is 11.3 Å². The lowest BCUT2D eigenvalue weighted by atomic mass is 10.1. The maximum Gasteiger partial charge on any atom is 0.253 e. The summed E-state index contributed by atoms with van der Waals surface area (Å²) in [5.74, 6) is 0.917. The minimum atomic E-state index is 0.148. The summed E-state index contributed by atoms with van der Waals surface area (Å²) in [6, 6.07) is 7.88. The van der Waals surface area contributed by atoms with Crippen molar-refractivity contribution in [3.05, 3.63) is 51.5 Å². The van der Waals surface area contributed by atoms with Crippen molar-refractivity contribution in [2.75, 3.05) is 26.7 Å². The first-order valence-electron chi connectivity index (χ1n) is 10.5. The van der Waals surface area contributed by atoms with E-state index < -0.39 is 0 Å². The lowest BCUT2D eigenvalue weighted by molar-refractivity contribution is 0.0724. The highest BCUT2D eigenvalue weighted by Gasteiger charge is 2.17. The number of hydrogen-bond donors (Lipinski definition) is 2. The third kappa shape index (κ3) is 6.29. The van der Waals surface area contributed by atoms with Crippen molar-refractivity contribution in [3.8, 4) is 0 Å². The fourth-order valence-electron chi connectivity index (χ4n) is 3.37. The molecule has 0 radical (unpaired) electrons. The van der Waals surface area contributed by atoms with Gasteiger partial charge in [-0.25, -0.2) is 4.98 Å². The SMILES string of the molecule is CCc1cnc(CCNC(=NC)NCc2ccc(C(=O)N3CCCCC3)cc2)s1. The van der Waals surface area contributed by atoms with E-state index in [2.05, 4.69) is 27.5 Å². The fourth-order valence-corrected chi connectivity index (χ4v) is 4.23. The number of aryl methyl sites for hydroxylation is 1. The summed E-state index contributed by atoms with van der Waals surface area (Å²) in [5.41, 5.74) is 1.89. The molecule has 1 aliphatic heterocycles. The highest BCUT2D eigenvalue weighted by atomic mass is 32.1. The van der Waals surface area contributed by atoms with Crippen LogP contribution in [0.3, 0.4) is 0 Å². The van der Waals surface area contributed by atoms with E-state index in [-0.39, 0.29) is 5.91 Å². The number of likely N-dealkylation sites (tertiary alicyclic amines) is 1. The number of guanidine groups is 1. The number of aromatic nitrogens is 1. The topological polar surface area (TPSA) is 69.6 Å². The minimum absolute atomic E-state index is 0.148. The van der Waals surface area contributed by atoms with Gasteiger partial charge in [0.05, 0.1) is 5.01 Å². The first-order chi connectivity index (χ1) is 14.2. The quantitative estimate of drug-likeness (QED) is 0.540. The number of carbonyl (C=O) groups excluding carboxylic acids is 1. The first kappa shape index (κ1) is 21.3. The maximum atomic E-state index is 12.6. The number of thiazole rings is 1. The molecule has 3 rings (SSSR count). The molecule has 1 amide bonds. The van der Waals surface area contributed by atoms with E-state index in [0.717, 1.165) is 67.4 Å². The first-order valence-corrected chi connectivity index (χ1v) is 11.3. The number of carbonyl (C=O) groups is 1. The van der Waals surface area contributed by atoms with Gasteiger partial charge < -0.3 is 15.5 Å². The van der Waals surface area contributed by atoms with Crippen LogP contribution < -0.4 is 10.6 Å². The molecule has 0 aliphatic carbocycles. The van der Waals surface area contributed by atoms with E-state index in [0.29, 0.717) is 6.54 Å². The van der Waals surface area contributed by atoms with Crippen molar-refractivity contribution in [1.82, 2.24) is 20.5 Å². The molecule has 29 heavy (non-hydrogen) atoms. The summed E-state index contributed by atoms with van der Waals surface area (Å²) in [6.45, 7) is 5.36. The molecule has 1 aromatic heterocycles. The van der Waals surface area contributed by atoms with Crippen LogP contribution in [0.2, 0.25) is 0 Å². The Morgan fingerprint density at radius 2 is 1.93 bits per heavy atom. The number of nitrogens with zero attached hydrogens (tertiary/aromatic N) is 3. The molecule has 0 atom stereocenters. The Morgan fingerprint density at radius 3 is 2.59 bits per heavy atom. The molecule has 2 aromatic rings. The molecule has 1 aromatic carbocycles. The van der Waals surface area contributed by atoms with Gasteiger partial charge in [-0.2, -0.15) is 0 Å². The van der Waals surface area contributed by atoms with E-state index in [1.807, 2.05) is 35.4 Å². The molecular weight excluding hydrogens is 382 g/mol. The van der Waals surface area contributed by atoms with Crippen molar-refractivity contribution >= 4 is 23.2 Å². The van der Waals surface area contributed by atoms with Crippen LogP contribution in [0.1, 0.15) is 52.0 Å². The van der Waals surface area contributed by atoms with Gasteiger partial charge >= 0.3 is 0 Å². The van der Waals surface area contributed by atoms with Gasteiger partial charge in [0.1, 0.15) is 0 Å². The van der Waals surface area contributed by atoms with Crippen LogP contribution in [0.25, 0.3) is 0 Å². The van der Waals surface area contributed by atoms with Crippen molar-refractivity contribution in [2.24, 2.45) is 4.99 Å². The largest absolute Gasteiger partial charge is 0.356 e. The Bertz CT molecular complexity index is 809. The van der Waals surface area contributed by atoms with Gasteiger partial charge in [-0.3, -0.25) is 9.79 Å². The summed E-state index contributed by atoms with van der Waals surface area (Å²) in [7, 11) is 1.77. The van der Waals surface area contributed by atoms with Crippen LogP contribution in [0.4, 0.5) is 0 Å². The zero-order valence-corrected chi connectivity index (χ0v) is 18.2. The Kier molecular flexibility index (Phi) is 8.04. The monoisotopic (exact) mass is 413 g/mol. The molecular formula is C22H31N5OS. The van der Waals surface area contributed by atoms with Crippen LogP contribution in [0.5, 0.6) is 0 Å². The fraction of sp³-hybridized carbons (Fsp3) is 0.500. The highest BCUT2D eigenvalue weighted by Crippen LogP contribution is 2.14. The lowest BCUT2D eigenvalue weighted by Crippen LogP contribution is -2.38. The van der Waals surface area contributed by atoms with Crippen molar-refractivity contribution < 1.29 is 4.79 Å². The second-order valence-corrected chi connectivity index (χ2v) is 8.43. The minimum Gasteiger partial charge on any atom is -0.356 e. The maximum absolute atomic E-state index is 12.6. The summed E-state index contributed by atoms with van der Waals surface area (Å²) >= 11 is 1.77. The molecule has 1 fully saturated rings. The summed E-state index contributed by atoms with van der Waals surface area (Å²) < 4.78 is 0. The van der Waals surface area contributed by atoms with Gasteiger partial charge in [0, 0.05) is 56.3 Å². The Hall–Kier alpha value is -2.41. The summed E-state index contributed by atoms with van der Waals surface area (Å²) in [6.07, 6.45) is 7.35. The molecule has 0 saturated carbocycles. The van der Waals surface area contributed by atoms with Gasteiger partial charge in [-0.1, -0.05) is 19.1 Å². The van der Waals surface area contributed by atoms with Crippen molar-refractivity contribution in [3.63, 3.8) is 0 Å². The molecule has 0 bridgehead atoms. The normalized spacial score (nSPS) is 14.7. The van der Waals surface area contributed by atoms with Crippen molar-refractivity contribution in [1.29, 1.82) is 0 Å². The number of piperidine rings is 1. The van der Waals surface area contributed by atoms with E-state index in [9.17, 15) is 4.79 Å². The number of hydrogen-bond acceptors (Lipinski definition) is 4. The average molecular weight is 414 g/mol. The molecule has 2 N–H and O–H groups in total.